The first-order valence-electron chi connectivity index (χ1n) is 8.47. The molecule has 4 rings (SSSR count). The van der Waals surface area contributed by atoms with Crippen molar-refractivity contribution < 1.29 is 19.0 Å². The van der Waals surface area contributed by atoms with E-state index in [1.807, 2.05) is 43.3 Å². The largest absolute Gasteiger partial charge is 0.489 e. The van der Waals surface area contributed by atoms with Crippen molar-refractivity contribution in [3.63, 3.8) is 0 Å². The van der Waals surface area contributed by atoms with Crippen LogP contribution in [0.4, 0.5) is 5.69 Å². The Morgan fingerprint density at radius 1 is 1.22 bits per heavy atom. The average Bonchev–Trinajstić information content (AvgIpc) is 3.35. The van der Waals surface area contributed by atoms with Crippen molar-refractivity contribution in [2.45, 2.75) is 20.0 Å². The van der Waals surface area contributed by atoms with Crippen molar-refractivity contribution in [3.8, 4) is 17.2 Å². The highest BCUT2D eigenvalue weighted by atomic mass is 32.1. The molecule has 7 nitrogen and oxygen atoms in total. The Kier molecular flexibility index (Phi) is 4.88. The Balaban J connectivity index is 1.41. The number of aromatic nitrogens is 2. The van der Waals surface area contributed by atoms with Crippen LogP contribution in [0, 0.1) is 0 Å². The molecule has 2 aromatic carbocycles. The van der Waals surface area contributed by atoms with Crippen LogP contribution in [-0.2, 0) is 13.0 Å². The minimum absolute atomic E-state index is 0.198. The molecule has 1 amide bonds. The third-order valence-electron chi connectivity index (χ3n) is 4.03. The van der Waals surface area contributed by atoms with Gasteiger partial charge in [-0.3, -0.25) is 4.79 Å². The Morgan fingerprint density at radius 2 is 2.11 bits per heavy atom. The van der Waals surface area contributed by atoms with Crippen LogP contribution in [0.5, 0.6) is 17.2 Å². The minimum atomic E-state index is -0.198. The molecule has 0 atom stereocenters. The molecule has 0 radical (unpaired) electrons. The first kappa shape index (κ1) is 17.3. The topological polar surface area (TPSA) is 82.6 Å². The highest BCUT2D eigenvalue weighted by Crippen LogP contribution is 2.35. The van der Waals surface area contributed by atoms with E-state index in [1.54, 1.807) is 6.07 Å². The monoisotopic (exact) mass is 383 g/mol. The van der Waals surface area contributed by atoms with Crippen LogP contribution >= 0.6 is 11.5 Å². The van der Waals surface area contributed by atoms with E-state index in [0.717, 1.165) is 22.8 Å². The van der Waals surface area contributed by atoms with E-state index < -0.39 is 0 Å². The molecule has 8 heteroatoms. The molecule has 2 heterocycles. The molecule has 138 valence electrons. The van der Waals surface area contributed by atoms with Gasteiger partial charge in [-0.1, -0.05) is 23.5 Å². The minimum Gasteiger partial charge on any atom is -0.489 e. The van der Waals surface area contributed by atoms with Crippen LogP contribution in [0.3, 0.4) is 0 Å². The molecular weight excluding hydrogens is 366 g/mol. The zero-order chi connectivity index (χ0) is 18.6. The molecule has 1 aliphatic heterocycles. The van der Waals surface area contributed by atoms with Gasteiger partial charge in [0, 0.05) is 11.8 Å². The van der Waals surface area contributed by atoms with Gasteiger partial charge < -0.3 is 19.5 Å². The predicted octanol–water partition coefficient (Wildman–Crippen LogP) is 3.66. The number of aryl methyl sites for hydroxylation is 1. The molecule has 1 aliphatic rings. The Hall–Kier alpha value is -3.13. The Morgan fingerprint density at radius 3 is 3.00 bits per heavy atom. The lowest BCUT2D eigenvalue weighted by Crippen LogP contribution is -2.12. The smallest absolute Gasteiger partial charge is 0.269 e. The second-order valence-electron chi connectivity index (χ2n) is 5.86. The molecule has 0 bridgehead atoms. The Labute approximate surface area is 160 Å². The summed E-state index contributed by atoms with van der Waals surface area (Å²) >= 11 is 1.10. The van der Waals surface area contributed by atoms with Crippen molar-refractivity contribution in [2.75, 3.05) is 12.1 Å². The van der Waals surface area contributed by atoms with Gasteiger partial charge in [0.25, 0.3) is 5.91 Å². The van der Waals surface area contributed by atoms with Crippen LogP contribution in [0.1, 0.15) is 27.9 Å². The van der Waals surface area contributed by atoms with Crippen molar-refractivity contribution in [1.82, 2.24) is 9.59 Å². The molecule has 0 aliphatic carbocycles. The standard InChI is InChI=1S/C19H17N3O4S/c1-2-15-18(27-22-21-15)19(23)20-13-5-3-4-12(8-13)10-24-14-6-7-16-17(9-14)26-11-25-16/h3-9H,2,10-11H2,1H3,(H,20,23). The first-order valence-corrected chi connectivity index (χ1v) is 9.24. The normalized spacial score (nSPS) is 12.0. The van der Waals surface area contributed by atoms with E-state index in [4.69, 9.17) is 14.2 Å². The number of hydrogen-bond acceptors (Lipinski definition) is 7. The maximum Gasteiger partial charge on any atom is 0.269 e. The number of benzene rings is 2. The van der Waals surface area contributed by atoms with E-state index in [1.165, 1.54) is 0 Å². The van der Waals surface area contributed by atoms with Gasteiger partial charge in [0.2, 0.25) is 6.79 Å². The van der Waals surface area contributed by atoms with Crippen molar-refractivity contribution in [2.24, 2.45) is 0 Å². The quantitative estimate of drug-likeness (QED) is 0.699. The van der Waals surface area contributed by atoms with Gasteiger partial charge in [-0.2, -0.15) is 0 Å². The second-order valence-corrected chi connectivity index (χ2v) is 6.61. The lowest BCUT2D eigenvalue weighted by molar-refractivity contribution is 0.102. The summed E-state index contributed by atoms with van der Waals surface area (Å²) in [7, 11) is 0. The zero-order valence-corrected chi connectivity index (χ0v) is 15.4. The van der Waals surface area contributed by atoms with Crippen molar-refractivity contribution >= 4 is 23.1 Å². The highest BCUT2D eigenvalue weighted by Gasteiger charge is 2.16. The molecule has 0 saturated carbocycles. The lowest BCUT2D eigenvalue weighted by atomic mass is 10.2. The van der Waals surface area contributed by atoms with Crippen molar-refractivity contribution in [1.29, 1.82) is 0 Å². The summed E-state index contributed by atoms with van der Waals surface area (Å²) in [6.45, 7) is 2.54. The van der Waals surface area contributed by atoms with Gasteiger partial charge in [0.05, 0.1) is 5.69 Å². The molecule has 1 N–H and O–H groups in total. The SMILES string of the molecule is CCc1nnsc1C(=O)Nc1cccc(COc2ccc3c(c2)OCO3)c1. The number of amides is 1. The van der Waals surface area contributed by atoms with Gasteiger partial charge in [-0.25, -0.2) is 0 Å². The third kappa shape index (κ3) is 3.85. The number of ether oxygens (including phenoxy) is 3. The van der Waals surface area contributed by atoms with Crippen LogP contribution in [0.2, 0.25) is 0 Å². The van der Waals surface area contributed by atoms with Crippen LogP contribution in [0.25, 0.3) is 0 Å². The van der Waals surface area contributed by atoms with E-state index in [9.17, 15) is 4.79 Å². The average molecular weight is 383 g/mol. The van der Waals surface area contributed by atoms with E-state index >= 15 is 0 Å². The van der Waals surface area contributed by atoms with E-state index in [2.05, 4.69) is 14.9 Å². The summed E-state index contributed by atoms with van der Waals surface area (Å²) in [4.78, 5) is 13.0. The molecule has 0 unspecified atom stereocenters. The van der Waals surface area contributed by atoms with Crippen LogP contribution in [0.15, 0.2) is 42.5 Å². The van der Waals surface area contributed by atoms with Gasteiger partial charge in [-0.05, 0) is 47.8 Å². The molecule has 0 saturated heterocycles. The van der Waals surface area contributed by atoms with Crippen molar-refractivity contribution in [3.05, 3.63) is 58.6 Å². The number of fused-ring (bicyclic) bond motifs is 1. The number of nitrogens with zero attached hydrogens (tertiary/aromatic N) is 2. The summed E-state index contributed by atoms with van der Waals surface area (Å²) in [5.41, 5.74) is 2.34. The fraction of sp³-hybridized carbons (Fsp3) is 0.211. The number of anilines is 1. The summed E-state index contributed by atoms with van der Waals surface area (Å²) < 4.78 is 20.3. The molecule has 1 aromatic heterocycles. The lowest BCUT2D eigenvalue weighted by Gasteiger charge is -2.09. The maximum absolute atomic E-state index is 12.4. The van der Waals surface area contributed by atoms with Gasteiger partial charge in [0.1, 0.15) is 17.2 Å². The van der Waals surface area contributed by atoms with E-state index in [-0.39, 0.29) is 12.7 Å². The molecule has 27 heavy (non-hydrogen) atoms. The molecule has 3 aromatic rings. The molecular formula is C19H17N3O4S. The fourth-order valence-corrected chi connectivity index (χ4v) is 3.32. The fourth-order valence-electron chi connectivity index (χ4n) is 2.67. The van der Waals surface area contributed by atoms with E-state index in [0.29, 0.717) is 40.8 Å². The summed E-state index contributed by atoms with van der Waals surface area (Å²) in [5, 5.41) is 6.86. The van der Waals surface area contributed by atoms with Gasteiger partial charge in [0.15, 0.2) is 11.5 Å². The molecule has 0 spiro atoms. The zero-order valence-electron chi connectivity index (χ0n) is 14.6. The number of nitrogens with one attached hydrogen (secondary N) is 1. The number of rotatable bonds is 6. The summed E-state index contributed by atoms with van der Waals surface area (Å²) in [6, 6.07) is 13.0. The third-order valence-corrected chi connectivity index (χ3v) is 4.80. The number of carbonyl (C=O) groups is 1. The number of hydrogen-bond donors (Lipinski definition) is 1. The second kappa shape index (κ2) is 7.63. The first-order chi connectivity index (χ1) is 13.2. The Bertz CT molecular complexity index is 973. The van der Waals surface area contributed by atoms with Gasteiger partial charge in [-0.15, -0.1) is 5.10 Å². The summed E-state index contributed by atoms with van der Waals surface area (Å²) in [6.07, 6.45) is 0.669. The summed E-state index contributed by atoms with van der Waals surface area (Å²) in [5.74, 6) is 1.89. The molecule has 0 fully saturated rings. The predicted molar refractivity (Wildman–Crippen MR) is 101 cm³/mol. The maximum atomic E-state index is 12.4. The van der Waals surface area contributed by atoms with Crippen LogP contribution < -0.4 is 19.5 Å². The number of carbonyl (C=O) groups excluding carboxylic acids is 1. The van der Waals surface area contributed by atoms with Crippen LogP contribution in [-0.4, -0.2) is 22.3 Å². The van der Waals surface area contributed by atoms with Gasteiger partial charge >= 0.3 is 0 Å². The highest BCUT2D eigenvalue weighted by molar-refractivity contribution is 7.08.